The van der Waals surface area contributed by atoms with E-state index < -0.39 is 0 Å². The van der Waals surface area contributed by atoms with Gasteiger partial charge < -0.3 is 10.5 Å². The molecular formula is C8H16FNO2. The first-order chi connectivity index (χ1) is 5.79. The van der Waals surface area contributed by atoms with Crippen LogP contribution in [-0.4, -0.2) is 26.8 Å². The van der Waals surface area contributed by atoms with Crippen molar-refractivity contribution < 1.29 is 13.9 Å². The van der Waals surface area contributed by atoms with Gasteiger partial charge in [-0.15, -0.1) is 0 Å². The van der Waals surface area contributed by atoms with Crippen molar-refractivity contribution in [3.05, 3.63) is 0 Å². The van der Waals surface area contributed by atoms with E-state index in [-0.39, 0.29) is 24.5 Å². The molecule has 2 atom stereocenters. The predicted molar refractivity (Wildman–Crippen MR) is 44.3 cm³/mol. The van der Waals surface area contributed by atoms with Crippen molar-refractivity contribution in [2.45, 2.75) is 12.8 Å². The van der Waals surface area contributed by atoms with E-state index in [2.05, 4.69) is 10.5 Å². The van der Waals surface area contributed by atoms with Crippen LogP contribution in [0.4, 0.5) is 4.39 Å². The third kappa shape index (κ3) is 3.17. The lowest BCUT2D eigenvalue weighted by atomic mass is 10.2. The quantitative estimate of drug-likeness (QED) is 0.646. The number of alkyl halides is 1. The van der Waals surface area contributed by atoms with Crippen molar-refractivity contribution in [3.63, 3.8) is 0 Å². The summed E-state index contributed by atoms with van der Waals surface area (Å²) in [6.07, 6.45) is 1.33. The van der Waals surface area contributed by atoms with Crippen LogP contribution in [-0.2, 0) is 9.53 Å². The average molecular weight is 177 g/mol. The van der Waals surface area contributed by atoms with Gasteiger partial charge in [0.15, 0.2) is 0 Å². The maximum atomic E-state index is 11.7. The average Bonchev–Trinajstić information content (AvgIpc) is 2.87. The summed E-state index contributed by atoms with van der Waals surface area (Å²) < 4.78 is 16.2. The molecule has 4 heteroatoms. The molecule has 3 nitrogen and oxygen atoms in total. The molecule has 0 aliphatic heterocycles. The van der Waals surface area contributed by atoms with E-state index in [0.29, 0.717) is 6.42 Å². The van der Waals surface area contributed by atoms with E-state index in [1.165, 1.54) is 14.2 Å². The zero-order valence-corrected chi connectivity index (χ0v) is 7.55. The molecule has 1 aliphatic rings. The summed E-state index contributed by atoms with van der Waals surface area (Å²) in [5.41, 5.74) is 4.50. The minimum atomic E-state index is -0.321. The molecule has 1 saturated carbocycles. The van der Waals surface area contributed by atoms with Crippen molar-refractivity contribution >= 4 is 5.97 Å². The summed E-state index contributed by atoms with van der Waals surface area (Å²) in [6, 6.07) is 0. The van der Waals surface area contributed by atoms with Crippen LogP contribution in [0.2, 0.25) is 0 Å². The van der Waals surface area contributed by atoms with E-state index in [9.17, 15) is 9.18 Å². The lowest BCUT2D eigenvalue weighted by Crippen LogP contribution is -2.04. The predicted octanol–water partition coefficient (Wildman–Crippen LogP) is 0.730. The number of ether oxygens (including phenoxy) is 1. The molecule has 2 N–H and O–H groups in total. The maximum Gasteiger partial charge on any atom is 0.308 e. The molecule has 0 aromatic heterocycles. The molecule has 1 fully saturated rings. The molecule has 72 valence electrons. The number of esters is 1. The molecule has 0 radical (unpaired) electrons. The van der Waals surface area contributed by atoms with E-state index >= 15 is 0 Å². The number of carbonyl (C=O) groups is 1. The van der Waals surface area contributed by atoms with Gasteiger partial charge in [0.2, 0.25) is 0 Å². The van der Waals surface area contributed by atoms with Gasteiger partial charge >= 0.3 is 5.97 Å². The van der Waals surface area contributed by atoms with Gasteiger partial charge in [-0.05, 0) is 25.8 Å². The van der Waals surface area contributed by atoms with E-state index in [1.54, 1.807) is 0 Å². The first-order valence-corrected chi connectivity index (χ1v) is 4.01. The van der Waals surface area contributed by atoms with Crippen molar-refractivity contribution in [2.24, 2.45) is 17.6 Å². The highest BCUT2D eigenvalue weighted by atomic mass is 19.1. The van der Waals surface area contributed by atoms with Crippen LogP contribution in [0.5, 0.6) is 0 Å². The smallest absolute Gasteiger partial charge is 0.308 e. The van der Waals surface area contributed by atoms with Gasteiger partial charge in [0.05, 0.1) is 19.7 Å². The maximum absolute atomic E-state index is 11.7. The molecule has 1 aliphatic carbocycles. The second-order valence-electron chi connectivity index (χ2n) is 2.60. The van der Waals surface area contributed by atoms with E-state index in [0.717, 1.165) is 6.42 Å². The minimum Gasteiger partial charge on any atom is -0.469 e. The third-order valence-corrected chi connectivity index (χ3v) is 1.91. The van der Waals surface area contributed by atoms with Crippen LogP contribution in [0.3, 0.4) is 0 Å². The highest BCUT2D eigenvalue weighted by Crippen LogP contribution is 2.41. The Morgan fingerprint density at radius 3 is 2.67 bits per heavy atom. The number of carbonyl (C=O) groups excluding carboxylic acids is 1. The third-order valence-electron chi connectivity index (χ3n) is 1.91. The van der Waals surface area contributed by atoms with Crippen LogP contribution >= 0.6 is 0 Å². The van der Waals surface area contributed by atoms with Crippen LogP contribution in [0.15, 0.2) is 0 Å². The number of hydrogen-bond donors (Lipinski definition) is 1. The number of rotatable bonds is 3. The molecule has 1 rings (SSSR count). The fraction of sp³-hybridized carbons (Fsp3) is 0.875. The van der Waals surface area contributed by atoms with Gasteiger partial charge in [-0.25, -0.2) is 0 Å². The molecule has 0 amide bonds. The molecule has 0 heterocycles. The minimum absolute atomic E-state index is 0.000694. The largest absolute Gasteiger partial charge is 0.469 e. The summed E-state index contributed by atoms with van der Waals surface area (Å²) in [7, 11) is 2.87. The lowest BCUT2D eigenvalue weighted by molar-refractivity contribution is -0.142. The van der Waals surface area contributed by atoms with Crippen molar-refractivity contribution in [1.82, 2.24) is 0 Å². The molecule has 12 heavy (non-hydrogen) atoms. The Morgan fingerprint density at radius 1 is 1.67 bits per heavy atom. The van der Waals surface area contributed by atoms with Gasteiger partial charge in [-0.2, -0.15) is 0 Å². The lowest BCUT2D eigenvalue weighted by Gasteiger charge is -1.94. The molecule has 0 aromatic rings. The highest BCUT2D eigenvalue weighted by molar-refractivity contribution is 5.75. The molecule has 0 unspecified atom stereocenters. The van der Waals surface area contributed by atoms with Gasteiger partial charge in [-0.3, -0.25) is 9.18 Å². The van der Waals surface area contributed by atoms with E-state index in [4.69, 9.17) is 0 Å². The Bertz CT molecular complexity index is 141. The molecule has 0 spiro atoms. The summed E-state index contributed by atoms with van der Waals surface area (Å²) in [4.78, 5) is 10.7. The van der Waals surface area contributed by atoms with Crippen molar-refractivity contribution in [2.75, 3.05) is 20.8 Å². The van der Waals surface area contributed by atoms with Crippen LogP contribution in [0, 0.1) is 11.8 Å². The summed E-state index contributed by atoms with van der Waals surface area (Å²) >= 11 is 0. The Morgan fingerprint density at radius 2 is 2.25 bits per heavy atom. The van der Waals surface area contributed by atoms with Crippen LogP contribution in [0.25, 0.3) is 0 Å². The zero-order valence-electron chi connectivity index (χ0n) is 7.55. The SMILES string of the molecule is CN.COC(=O)[C@H]1C[C@H]1CCF. The second kappa shape index (κ2) is 5.94. The van der Waals surface area contributed by atoms with Crippen molar-refractivity contribution in [3.8, 4) is 0 Å². The molecule has 0 saturated heterocycles. The Labute approximate surface area is 72.1 Å². The first kappa shape index (κ1) is 11.4. The topological polar surface area (TPSA) is 52.3 Å². The fourth-order valence-electron chi connectivity index (χ4n) is 1.15. The summed E-state index contributed by atoms with van der Waals surface area (Å²) in [5.74, 6) is 0.0802. The molecular weight excluding hydrogens is 161 g/mol. The van der Waals surface area contributed by atoms with Gasteiger partial charge in [-0.1, -0.05) is 0 Å². The Kier molecular flexibility index (Phi) is 5.62. The molecule has 0 aromatic carbocycles. The normalized spacial score (nSPS) is 25.3. The number of halogens is 1. The van der Waals surface area contributed by atoms with Crippen molar-refractivity contribution in [1.29, 1.82) is 0 Å². The van der Waals surface area contributed by atoms with Crippen LogP contribution < -0.4 is 5.73 Å². The van der Waals surface area contributed by atoms with Gasteiger partial charge in [0.25, 0.3) is 0 Å². The molecule has 0 bridgehead atoms. The summed E-state index contributed by atoms with van der Waals surface area (Å²) in [5, 5.41) is 0. The van der Waals surface area contributed by atoms with E-state index in [1.807, 2.05) is 0 Å². The first-order valence-electron chi connectivity index (χ1n) is 4.01. The van der Waals surface area contributed by atoms with Crippen LogP contribution in [0.1, 0.15) is 12.8 Å². The standard InChI is InChI=1S/C7H11FO2.CH5N/c1-10-7(9)6-4-5(6)2-3-8;1-2/h5-6H,2-4H2,1H3;2H2,1H3/t5-,6+;/m1./s1. The Balaban J connectivity index is 0.000000561. The summed E-state index contributed by atoms with van der Waals surface area (Å²) in [6.45, 7) is -0.321. The second-order valence-corrected chi connectivity index (χ2v) is 2.60. The number of hydrogen-bond acceptors (Lipinski definition) is 3. The van der Waals surface area contributed by atoms with Gasteiger partial charge in [0, 0.05) is 0 Å². The number of methoxy groups -OCH3 is 1. The number of nitrogens with two attached hydrogens (primary N) is 1. The monoisotopic (exact) mass is 177 g/mol. The highest BCUT2D eigenvalue weighted by Gasteiger charge is 2.43. The van der Waals surface area contributed by atoms with Gasteiger partial charge in [0.1, 0.15) is 0 Å². The zero-order chi connectivity index (χ0) is 9.56. The Hall–Kier alpha value is -0.640. The fourth-order valence-corrected chi connectivity index (χ4v) is 1.15.